The fourth-order valence-electron chi connectivity index (χ4n) is 1.58. The van der Waals surface area contributed by atoms with E-state index in [0.717, 1.165) is 11.4 Å². The maximum Gasteiger partial charge on any atom is 0.243 e. The van der Waals surface area contributed by atoms with Crippen molar-refractivity contribution in [2.45, 2.75) is 6.92 Å². The van der Waals surface area contributed by atoms with Crippen LogP contribution >= 0.6 is 0 Å². The Morgan fingerprint density at radius 2 is 1.61 bits per heavy atom. The predicted molar refractivity (Wildman–Crippen MR) is 74.7 cm³/mol. The van der Waals surface area contributed by atoms with Crippen LogP contribution in [0.4, 0.5) is 11.4 Å². The van der Waals surface area contributed by atoms with E-state index >= 15 is 0 Å². The first-order valence-corrected chi connectivity index (χ1v) is 5.89. The second-order valence-electron chi connectivity index (χ2n) is 4.13. The molecule has 0 saturated carbocycles. The SMILES string of the molecule is Cc1ccc(NC(=O)CNc2ccccc2)cc1. The van der Waals surface area contributed by atoms with Crippen molar-refractivity contribution in [1.82, 2.24) is 0 Å². The second kappa shape index (κ2) is 5.87. The first-order valence-electron chi connectivity index (χ1n) is 5.89. The summed E-state index contributed by atoms with van der Waals surface area (Å²) in [6, 6.07) is 17.4. The number of rotatable bonds is 4. The van der Waals surface area contributed by atoms with Gasteiger partial charge in [0.2, 0.25) is 5.91 Å². The minimum atomic E-state index is -0.0530. The second-order valence-corrected chi connectivity index (χ2v) is 4.13. The lowest BCUT2D eigenvalue weighted by Crippen LogP contribution is -2.21. The van der Waals surface area contributed by atoms with Gasteiger partial charge in [-0.15, -0.1) is 0 Å². The number of nitrogens with one attached hydrogen (secondary N) is 2. The van der Waals surface area contributed by atoms with Crippen LogP contribution in [0.5, 0.6) is 0 Å². The molecule has 3 nitrogen and oxygen atoms in total. The normalized spacial score (nSPS) is 9.83. The molecular weight excluding hydrogens is 224 g/mol. The Bertz CT molecular complexity index is 506. The number of hydrogen-bond donors (Lipinski definition) is 2. The predicted octanol–water partition coefficient (Wildman–Crippen LogP) is 3.05. The Hall–Kier alpha value is -2.29. The molecule has 3 heteroatoms. The number of para-hydroxylation sites is 1. The van der Waals surface area contributed by atoms with Gasteiger partial charge >= 0.3 is 0 Å². The molecule has 0 saturated heterocycles. The number of hydrogen-bond acceptors (Lipinski definition) is 2. The van der Waals surface area contributed by atoms with Crippen LogP contribution < -0.4 is 10.6 Å². The number of carbonyl (C=O) groups excluding carboxylic acids is 1. The van der Waals surface area contributed by atoms with Gasteiger partial charge in [0.25, 0.3) is 0 Å². The monoisotopic (exact) mass is 240 g/mol. The van der Waals surface area contributed by atoms with E-state index in [1.54, 1.807) is 0 Å². The molecule has 0 heterocycles. The average Bonchev–Trinajstić information content (AvgIpc) is 2.40. The van der Waals surface area contributed by atoms with Gasteiger partial charge in [-0.3, -0.25) is 4.79 Å². The Labute approximate surface area is 107 Å². The van der Waals surface area contributed by atoms with Gasteiger partial charge in [0, 0.05) is 11.4 Å². The molecule has 1 amide bonds. The number of benzene rings is 2. The third-order valence-corrected chi connectivity index (χ3v) is 2.56. The summed E-state index contributed by atoms with van der Waals surface area (Å²) in [5.41, 5.74) is 2.94. The maximum atomic E-state index is 11.7. The molecule has 92 valence electrons. The summed E-state index contributed by atoms with van der Waals surface area (Å²) >= 11 is 0. The Kier molecular flexibility index (Phi) is 3.97. The van der Waals surface area contributed by atoms with Crippen LogP contribution in [0.3, 0.4) is 0 Å². The number of anilines is 2. The smallest absolute Gasteiger partial charge is 0.243 e. The van der Waals surface area contributed by atoms with Crippen LogP contribution in [0.25, 0.3) is 0 Å². The highest BCUT2D eigenvalue weighted by Crippen LogP contribution is 2.09. The molecule has 0 aliphatic rings. The maximum absolute atomic E-state index is 11.7. The van der Waals surface area contributed by atoms with Crippen molar-refractivity contribution in [3.05, 3.63) is 60.2 Å². The molecule has 0 spiro atoms. The van der Waals surface area contributed by atoms with Crippen molar-refractivity contribution in [2.24, 2.45) is 0 Å². The first kappa shape index (κ1) is 12.2. The highest BCUT2D eigenvalue weighted by Gasteiger charge is 2.01. The third-order valence-electron chi connectivity index (χ3n) is 2.56. The summed E-state index contributed by atoms with van der Waals surface area (Å²) in [4.78, 5) is 11.7. The summed E-state index contributed by atoms with van der Waals surface area (Å²) in [6.45, 7) is 2.28. The van der Waals surface area contributed by atoms with E-state index in [0.29, 0.717) is 0 Å². The molecule has 0 aliphatic heterocycles. The van der Waals surface area contributed by atoms with E-state index < -0.39 is 0 Å². The van der Waals surface area contributed by atoms with Crippen LogP contribution in [0.15, 0.2) is 54.6 Å². The van der Waals surface area contributed by atoms with Crippen LogP contribution in [0.2, 0.25) is 0 Å². The van der Waals surface area contributed by atoms with Crippen molar-refractivity contribution in [3.8, 4) is 0 Å². The molecule has 0 radical (unpaired) electrons. The largest absolute Gasteiger partial charge is 0.376 e. The van der Waals surface area contributed by atoms with E-state index in [2.05, 4.69) is 10.6 Å². The summed E-state index contributed by atoms with van der Waals surface area (Å²) in [5.74, 6) is -0.0530. The van der Waals surface area contributed by atoms with Crippen molar-refractivity contribution >= 4 is 17.3 Å². The molecule has 2 N–H and O–H groups in total. The van der Waals surface area contributed by atoms with Crippen LogP contribution in [0, 0.1) is 6.92 Å². The lowest BCUT2D eigenvalue weighted by atomic mass is 10.2. The van der Waals surface area contributed by atoms with E-state index in [4.69, 9.17) is 0 Å². The quantitative estimate of drug-likeness (QED) is 0.862. The molecule has 0 fully saturated rings. The van der Waals surface area contributed by atoms with Gasteiger partial charge in [-0.2, -0.15) is 0 Å². The molecule has 2 aromatic rings. The number of carbonyl (C=O) groups is 1. The lowest BCUT2D eigenvalue weighted by Gasteiger charge is -2.07. The number of amides is 1. The summed E-state index contributed by atoms with van der Waals surface area (Å²) in [6.07, 6.45) is 0. The average molecular weight is 240 g/mol. The zero-order chi connectivity index (χ0) is 12.8. The summed E-state index contributed by atoms with van der Waals surface area (Å²) in [7, 11) is 0. The van der Waals surface area contributed by atoms with Gasteiger partial charge in [-0.25, -0.2) is 0 Å². The molecule has 0 aromatic heterocycles. The van der Waals surface area contributed by atoms with Crippen molar-refractivity contribution in [1.29, 1.82) is 0 Å². The van der Waals surface area contributed by atoms with E-state index in [-0.39, 0.29) is 12.5 Å². The van der Waals surface area contributed by atoms with Gasteiger partial charge in [-0.1, -0.05) is 35.9 Å². The zero-order valence-corrected chi connectivity index (χ0v) is 10.3. The molecular formula is C15H16N2O. The third kappa shape index (κ3) is 3.63. The Morgan fingerprint density at radius 1 is 0.944 bits per heavy atom. The van der Waals surface area contributed by atoms with E-state index in [1.165, 1.54) is 5.56 Å². The van der Waals surface area contributed by atoms with Crippen LogP contribution in [-0.4, -0.2) is 12.5 Å². The minimum Gasteiger partial charge on any atom is -0.376 e. The van der Waals surface area contributed by atoms with Gasteiger partial charge in [0.05, 0.1) is 6.54 Å². The van der Waals surface area contributed by atoms with Crippen LogP contribution in [0.1, 0.15) is 5.56 Å². The first-order chi connectivity index (χ1) is 8.74. The lowest BCUT2D eigenvalue weighted by molar-refractivity contribution is -0.114. The van der Waals surface area contributed by atoms with E-state index in [1.807, 2.05) is 61.5 Å². The van der Waals surface area contributed by atoms with Gasteiger partial charge in [0.1, 0.15) is 0 Å². The summed E-state index contributed by atoms with van der Waals surface area (Å²) < 4.78 is 0. The van der Waals surface area contributed by atoms with E-state index in [9.17, 15) is 4.79 Å². The molecule has 0 aliphatic carbocycles. The van der Waals surface area contributed by atoms with Crippen molar-refractivity contribution < 1.29 is 4.79 Å². The minimum absolute atomic E-state index is 0.0530. The molecule has 2 rings (SSSR count). The Balaban J connectivity index is 1.84. The zero-order valence-electron chi connectivity index (χ0n) is 10.3. The fraction of sp³-hybridized carbons (Fsp3) is 0.133. The topological polar surface area (TPSA) is 41.1 Å². The van der Waals surface area contributed by atoms with Gasteiger partial charge in [-0.05, 0) is 31.2 Å². The van der Waals surface area contributed by atoms with Crippen LogP contribution in [-0.2, 0) is 4.79 Å². The van der Waals surface area contributed by atoms with Crippen molar-refractivity contribution in [3.63, 3.8) is 0 Å². The highest BCUT2D eigenvalue weighted by atomic mass is 16.1. The molecule has 2 aromatic carbocycles. The molecule has 0 atom stereocenters. The molecule has 18 heavy (non-hydrogen) atoms. The summed E-state index contributed by atoms with van der Waals surface area (Å²) in [5, 5.41) is 5.90. The van der Waals surface area contributed by atoms with Gasteiger partial charge in [0.15, 0.2) is 0 Å². The molecule has 0 unspecified atom stereocenters. The number of aryl methyl sites for hydroxylation is 1. The standard InChI is InChI=1S/C15H16N2O/c1-12-7-9-14(10-8-12)17-15(18)11-16-13-5-3-2-4-6-13/h2-10,16H,11H2,1H3,(H,17,18). The fourth-order valence-corrected chi connectivity index (χ4v) is 1.58. The Morgan fingerprint density at radius 3 is 2.28 bits per heavy atom. The van der Waals surface area contributed by atoms with Crippen molar-refractivity contribution in [2.75, 3.05) is 17.2 Å². The van der Waals surface area contributed by atoms with Gasteiger partial charge < -0.3 is 10.6 Å². The molecule has 0 bridgehead atoms. The highest BCUT2D eigenvalue weighted by molar-refractivity contribution is 5.93.